The highest BCUT2D eigenvalue weighted by atomic mass is 32.1. The summed E-state index contributed by atoms with van der Waals surface area (Å²) in [6.07, 6.45) is 2.11. The van der Waals surface area contributed by atoms with Crippen LogP contribution in [0.25, 0.3) is 32.6 Å². The van der Waals surface area contributed by atoms with E-state index in [1.165, 1.54) is 0 Å². The van der Waals surface area contributed by atoms with Gasteiger partial charge in [-0.05, 0) is 62.6 Å². The Morgan fingerprint density at radius 2 is 1.91 bits per heavy atom. The Morgan fingerprint density at radius 3 is 2.73 bits per heavy atom. The van der Waals surface area contributed by atoms with E-state index in [1.54, 1.807) is 11.3 Å². The molecule has 5 heterocycles. The number of rotatable bonds is 4. The van der Waals surface area contributed by atoms with Crippen LogP contribution in [0.4, 0.5) is 11.4 Å². The standard InChI is InChI=1S/C24H28N6O2S/c1-29-7-4-15(5-8-29)25-21-20(24(31)28-18-6-13-33-22(18)21)23-26-17-3-2-16(14-19(17)27-23)30-9-11-32-12-10-30/h2-3,6,13-15H,4-5,7-12H2,1H3,(H,26,27)(H2,25,28,31). The first kappa shape index (κ1) is 20.7. The molecule has 0 radical (unpaired) electrons. The number of benzene rings is 1. The molecule has 33 heavy (non-hydrogen) atoms. The number of aromatic amines is 2. The number of hydrogen-bond acceptors (Lipinski definition) is 7. The Labute approximate surface area is 195 Å². The third kappa shape index (κ3) is 3.90. The minimum Gasteiger partial charge on any atom is -0.380 e. The first-order valence-electron chi connectivity index (χ1n) is 11.6. The van der Waals surface area contributed by atoms with Crippen molar-refractivity contribution in [1.82, 2.24) is 19.9 Å². The zero-order valence-corrected chi connectivity index (χ0v) is 19.5. The van der Waals surface area contributed by atoms with E-state index in [9.17, 15) is 4.79 Å². The normalized spacial score (nSPS) is 18.4. The van der Waals surface area contributed by atoms with Gasteiger partial charge >= 0.3 is 0 Å². The number of hydrogen-bond donors (Lipinski definition) is 3. The monoisotopic (exact) mass is 464 g/mol. The first-order chi connectivity index (χ1) is 16.2. The van der Waals surface area contributed by atoms with Gasteiger partial charge in [0.25, 0.3) is 5.56 Å². The van der Waals surface area contributed by atoms with Gasteiger partial charge in [0.15, 0.2) is 0 Å². The first-order valence-corrected chi connectivity index (χ1v) is 12.4. The maximum atomic E-state index is 13.3. The average molecular weight is 465 g/mol. The Bertz CT molecular complexity index is 1340. The summed E-state index contributed by atoms with van der Waals surface area (Å²) in [4.78, 5) is 29.2. The number of ether oxygens (including phenoxy) is 1. The summed E-state index contributed by atoms with van der Waals surface area (Å²) in [6, 6.07) is 8.56. The van der Waals surface area contributed by atoms with Gasteiger partial charge in [-0.3, -0.25) is 4.79 Å². The van der Waals surface area contributed by atoms with Gasteiger partial charge in [0.05, 0.1) is 40.2 Å². The number of nitrogens with zero attached hydrogens (tertiary/aromatic N) is 3. The van der Waals surface area contributed by atoms with Crippen molar-refractivity contribution >= 4 is 44.0 Å². The lowest BCUT2D eigenvalue weighted by atomic mass is 10.0. The Kier molecular flexibility index (Phi) is 5.32. The van der Waals surface area contributed by atoms with Crippen molar-refractivity contribution in [3.05, 3.63) is 40.0 Å². The van der Waals surface area contributed by atoms with Crippen molar-refractivity contribution in [1.29, 1.82) is 0 Å². The molecule has 1 aromatic carbocycles. The lowest BCUT2D eigenvalue weighted by Crippen LogP contribution is -2.37. The molecule has 0 unspecified atom stereocenters. The number of morpholine rings is 1. The molecule has 0 bridgehead atoms. The molecule has 0 aliphatic carbocycles. The minimum atomic E-state index is -0.121. The van der Waals surface area contributed by atoms with E-state index in [1.807, 2.05) is 17.5 Å². The van der Waals surface area contributed by atoms with Crippen molar-refractivity contribution in [2.24, 2.45) is 0 Å². The van der Waals surface area contributed by atoms with Crippen LogP contribution in [0.1, 0.15) is 12.8 Å². The van der Waals surface area contributed by atoms with E-state index in [4.69, 9.17) is 9.72 Å². The zero-order chi connectivity index (χ0) is 22.4. The van der Waals surface area contributed by atoms with Crippen molar-refractivity contribution in [2.75, 3.05) is 56.7 Å². The van der Waals surface area contributed by atoms with E-state index >= 15 is 0 Å². The number of piperidine rings is 1. The number of H-pyrrole nitrogens is 2. The molecule has 0 atom stereocenters. The molecule has 2 aliphatic rings. The van der Waals surface area contributed by atoms with E-state index < -0.39 is 0 Å². The summed E-state index contributed by atoms with van der Waals surface area (Å²) in [5.41, 5.74) is 5.17. The van der Waals surface area contributed by atoms with E-state index in [-0.39, 0.29) is 5.56 Å². The Balaban J connectivity index is 1.42. The van der Waals surface area contributed by atoms with Crippen LogP contribution in [-0.4, -0.2) is 72.3 Å². The van der Waals surface area contributed by atoms with Crippen LogP contribution in [0, 0.1) is 0 Å². The number of anilines is 2. The fourth-order valence-corrected chi connectivity index (χ4v) is 5.73. The quantitative estimate of drug-likeness (QED) is 0.429. The molecule has 3 aromatic heterocycles. The summed E-state index contributed by atoms with van der Waals surface area (Å²) >= 11 is 1.65. The summed E-state index contributed by atoms with van der Waals surface area (Å²) in [6.45, 7) is 5.36. The summed E-state index contributed by atoms with van der Waals surface area (Å²) in [5.74, 6) is 0.608. The lowest BCUT2D eigenvalue weighted by molar-refractivity contribution is 0.122. The number of nitrogens with one attached hydrogen (secondary N) is 3. The summed E-state index contributed by atoms with van der Waals surface area (Å²) in [5, 5.41) is 5.75. The SMILES string of the molecule is CN1CCC(Nc2c(-c3nc4ccc(N5CCOCC5)cc4[nH]3)c(=O)[nH]c3ccsc23)CC1. The molecular weight excluding hydrogens is 436 g/mol. The predicted octanol–water partition coefficient (Wildman–Crippen LogP) is 3.48. The third-order valence-corrected chi connectivity index (χ3v) is 7.69. The third-order valence-electron chi connectivity index (χ3n) is 6.76. The highest BCUT2D eigenvalue weighted by Gasteiger charge is 2.23. The number of fused-ring (bicyclic) bond motifs is 2. The van der Waals surface area contributed by atoms with Crippen molar-refractivity contribution < 1.29 is 4.74 Å². The molecule has 2 saturated heterocycles. The fraction of sp³-hybridized carbons (Fsp3) is 0.417. The second kappa shape index (κ2) is 8.48. The van der Waals surface area contributed by atoms with Crippen LogP contribution >= 0.6 is 11.3 Å². The van der Waals surface area contributed by atoms with Gasteiger partial charge < -0.3 is 29.8 Å². The number of pyridine rings is 1. The second-order valence-electron chi connectivity index (χ2n) is 8.98. The number of imidazole rings is 1. The van der Waals surface area contributed by atoms with Crippen LogP contribution in [0.3, 0.4) is 0 Å². The van der Waals surface area contributed by atoms with Crippen LogP contribution in [0.2, 0.25) is 0 Å². The molecule has 3 N–H and O–H groups in total. The average Bonchev–Trinajstić information content (AvgIpc) is 3.47. The van der Waals surface area contributed by atoms with Crippen LogP contribution in [0.15, 0.2) is 34.4 Å². The Morgan fingerprint density at radius 1 is 1.09 bits per heavy atom. The van der Waals surface area contributed by atoms with Gasteiger partial charge in [0, 0.05) is 24.8 Å². The smallest absolute Gasteiger partial charge is 0.261 e. The van der Waals surface area contributed by atoms with Gasteiger partial charge in [-0.2, -0.15) is 0 Å². The minimum absolute atomic E-state index is 0.121. The fourth-order valence-electron chi connectivity index (χ4n) is 4.87. The van der Waals surface area contributed by atoms with Gasteiger partial charge in [-0.15, -0.1) is 11.3 Å². The maximum Gasteiger partial charge on any atom is 0.261 e. The zero-order valence-electron chi connectivity index (χ0n) is 18.7. The molecule has 0 amide bonds. The van der Waals surface area contributed by atoms with Crippen LogP contribution in [0.5, 0.6) is 0 Å². The van der Waals surface area contributed by atoms with Crippen molar-refractivity contribution in [3.8, 4) is 11.4 Å². The van der Waals surface area contributed by atoms with Gasteiger partial charge in [-0.25, -0.2) is 4.98 Å². The maximum absolute atomic E-state index is 13.3. The predicted molar refractivity (Wildman–Crippen MR) is 135 cm³/mol. The van der Waals surface area contributed by atoms with Crippen LogP contribution in [-0.2, 0) is 4.74 Å². The van der Waals surface area contributed by atoms with Gasteiger partial charge in [0.1, 0.15) is 11.4 Å². The molecule has 0 saturated carbocycles. The van der Waals surface area contributed by atoms with Crippen molar-refractivity contribution in [2.45, 2.75) is 18.9 Å². The lowest BCUT2D eigenvalue weighted by Gasteiger charge is -2.30. The summed E-state index contributed by atoms with van der Waals surface area (Å²) in [7, 11) is 2.16. The number of thiophene rings is 1. The molecule has 8 nitrogen and oxygen atoms in total. The van der Waals surface area contributed by atoms with Crippen LogP contribution < -0.4 is 15.8 Å². The topological polar surface area (TPSA) is 89.3 Å². The molecular formula is C24H28N6O2S. The van der Waals surface area contributed by atoms with Crippen molar-refractivity contribution in [3.63, 3.8) is 0 Å². The van der Waals surface area contributed by atoms with Gasteiger partial charge in [-0.1, -0.05) is 0 Å². The number of aromatic nitrogens is 3. The second-order valence-corrected chi connectivity index (χ2v) is 9.89. The largest absolute Gasteiger partial charge is 0.380 e. The molecule has 6 rings (SSSR count). The molecule has 2 fully saturated rings. The molecule has 2 aliphatic heterocycles. The van der Waals surface area contributed by atoms with Gasteiger partial charge in [0.2, 0.25) is 0 Å². The number of likely N-dealkylation sites (tertiary alicyclic amines) is 1. The highest BCUT2D eigenvalue weighted by Crippen LogP contribution is 2.35. The van der Waals surface area contributed by atoms with E-state index in [0.717, 1.165) is 84.9 Å². The summed E-state index contributed by atoms with van der Waals surface area (Å²) < 4.78 is 6.55. The molecule has 172 valence electrons. The van der Waals surface area contributed by atoms with E-state index in [0.29, 0.717) is 17.4 Å². The molecule has 9 heteroatoms. The highest BCUT2D eigenvalue weighted by molar-refractivity contribution is 7.17. The molecule has 4 aromatic rings. The Hall–Kier alpha value is -2.88. The van der Waals surface area contributed by atoms with E-state index in [2.05, 4.69) is 44.3 Å². The molecule has 0 spiro atoms.